The van der Waals surface area contributed by atoms with Gasteiger partial charge in [0.1, 0.15) is 36.5 Å². The van der Waals surface area contributed by atoms with Gasteiger partial charge >= 0.3 is 5.97 Å². The predicted molar refractivity (Wildman–Crippen MR) is 169 cm³/mol. The van der Waals surface area contributed by atoms with Crippen LogP contribution < -0.4 is 32.7 Å². The first-order valence-electron chi connectivity index (χ1n) is 15.7. The molecule has 1 fully saturated rings. The van der Waals surface area contributed by atoms with E-state index < -0.39 is 72.3 Å². The zero-order valence-electron chi connectivity index (χ0n) is 26.8. The summed E-state index contributed by atoms with van der Waals surface area (Å²) in [7, 11) is 0. The molecule has 0 bridgehead atoms. The van der Waals surface area contributed by atoms with Gasteiger partial charge in [0.25, 0.3) is 0 Å². The molecule has 46 heavy (non-hydrogen) atoms. The van der Waals surface area contributed by atoms with E-state index in [1.54, 1.807) is 12.1 Å². The number of likely N-dealkylation sites (tertiary alicyclic amines) is 1. The molecule has 0 radical (unpaired) electrons. The Balaban J connectivity index is 2.05. The molecule has 1 saturated heterocycles. The molecule has 1 aromatic carbocycles. The van der Waals surface area contributed by atoms with Gasteiger partial charge in [-0.2, -0.15) is 0 Å². The van der Waals surface area contributed by atoms with Gasteiger partial charge in [-0.3, -0.25) is 28.8 Å². The standard InChI is InChI=1S/C31H49N7O8/c1-18(2)15-24(29(44)35-19(3)27(42)36-23(7-4-5-13-32)28(43)34-17-26(40)41)37-30(45)25-8-6-14-38(25)31(46)22(33)16-20-9-11-21(39)12-10-20/h9-12,18-19,22-25,39H,4-8,13-17,32-33H2,1-3H3,(H,34,43)(H,35,44)(H,36,42)(H,37,45)(H,40,41)/t19-,22-,23-,24-,25-/m0/s1. The number of aliphatic carboxylic acids is 1. The Kier molecular flexibility index (Phi) is 15.4. The molecule has 15 nitrogen and oxygen atoms in total. The third-order valence-corrected chi connectivity index (χ3v) is 7.63. The average molecular weight is 648 g/mol. The summed E-state index contributed by atoms with van der Waals surface area (Å²) in [6.45, 7) is 5.28. The number of carboxylic acid groups (broad SMARTS) is 1. The number of phenols is 1. The van der Waals surface area contributed by atoms with E-state index in [4.69, 9.17) is 16.6 Å². The minimum Gasteiger partial charge on any atom is -0.508 e. The number of unbranched alkanes of at least 4 members (excludes halogenated alkanes) is 1. The maximum Gasteiger partial charge on any atom is 0.322 e. The first-order valence-corrected chi connectivity index (χ1v) is 15.7. The van der Waals surface area contributed by atoms with Gasteiger partial charge in [-0.1, -0.05) is 26.0 Å². The lowest BCUT2D eigenvalue weighted by Crippen LogP contribution is -2.58. The summed E-state index contributed by atoms with van der Waals surface area (Å²) in [6, 6.07) is 1.49. The number of nitrogens with two attached hydrogens (primary N) is 2. The summed E-state index contributed by atoms with van der Waals surface area (Å²) in [5, 5.41) is 28.5. The lowest BCUT2D eigenvalue weighted by Gasteiger charge is -2.29. The van der Waals surface area contributed by atoms with Crippen LogP contribution in [0.1, 0.15) is 64.9 Å². The summed E-state index contributed by atoms with van der Waals surface area (Å²) >= 11 is 0. The van der Waals surface area contributed by atoms with E-state index in [9.17, 15) is 33.9 Å². The topological polar surface area (TPSA) is 246 Å². The van der Waals surface area contributed by atoms with Gasteiger partial charge in [-0.15, -0.1) is 0 Å². The second-order valence-electron chi connectivity index (χ2n) is 12.0. The number of hydrogen-bond acceptors (Lipinski definition) is 9. The van der Waals surface area contributed by atoms with Crippen LogP contribution in [-0.2, 0) is 35.2 Å². The number of nitrogens with zero attached hydrogens (tertiary/aromatic N) is 1. The smallest absolute Gasteiger partial charge is 0.322 e. The molecular weight excluding hydrogens is 598 g/mol. The van der Waals surface area contributed by atoms with Crippen molar-refractivity contribution in [3.8, 4) is 5.75 Å². The Morgan fingerprint density at radius 3 is 2.22 bits per heavy atom. The molecule has 0 spiro atoms. The molecular formula is C31H49N7O8. The number of aromatic hydroxyl groups is 1. The Morgan fingerprint density at radius 2 is 1.61 bits per heavy atom. The molecule has 0 unspecified atom stereocenters. The molecule has 5 atom stereocenters. The molecule has 1 aliphatic rings. The highest BCUT2D eigenvalue weighted by atomic mass is 16.4. The van der Waals surface area contributed by atoms with Gasteiger partial charge in [-0.25, -0.2) is 0 Å². The molecule has 0 saturated carbocycles. The highest BCUT2D eigenvalue weighted by Crippen LogP contribution is 2.20. The molecule has 2 rings (SSSR count). The fourth-order valence-corrected chi connectivity index (χ4v) is 5.18. The number of carbonyl (C=O) groups excluding carboxylic acids is 5. The van der Waals surface area contributed by atoms with Crippen molar-refractivity contribution in [3.63, 3.8) is 0 Å². The predicted octanol–water partition coefficient (Wildman–Crippen LogP) is -0.897. The van der Waals surface area contributed by atoms with Gasteiger partial charge in [0.2, 0.25) is 29.5 Å². The van der Waals surface area contributed by atoms with Crippen LogP contribution >= 0.6 is 0 Å². The maximum absolute atomic E-state index is 13.4. The van der Waals surface area contributed by atoms with E-state index in [2.05, 4.69) is 21.3 Å². The van der Waals surface area contributed by atoms with Crippen molar-refractivity contribution < 1.29 is 39.0 Å². The number of rotatable bonds is 18. The quantitative estimate of drug-likeness (QED) is 0.0913. The normalized spacial score (nSPS) is 17.0. The number of carboxylic acids is 1. The van der Waals surface area contributed by atoms with Crippen LogP contribution in [0.5, 0.6) is 5.75 Å². The van der Waals surface area contributed by atoms with E-state index in [1.165, 1.54) is 24.0 Å². The van der Waals surface area contributed by atoms with Crippen molar-refractivity contribution in [1.82, 2.24) is 26.2 Å². The molecule has 5 amide bonds. The van der Waals surface area contributed by atoms with Crippen molar-refractivity contribution in [3.05, 3.63) is 29.8 Å². The van der Waals surface area contributed by atoms with Crippen LogP contribution in [0, 0.1) is 5.92 Å². The number of nitrogens with one attached hydrogen (secondary N) is 4. The van der Waals surface area contributed by atoms with Crippen molar-refractivity contribution in [1.29, 1.82) is 0 Å². The first-order chi connectivity index (χ1) is 21.7. The first kappa shape index (κ1) is 37.9. The van der Waals surface area contributed by atoms with E-state index in [0.717, 1.165) is 5.56 Å². The van der Waals surface area contributed by atoms with Crippen LogP contribution in [0.2, 0.25) is 0 Å². The van der Waals surface area contributed by atoms with E-state index in [-0.39, 0.29) is 30.9 Å². The highest BCUT2D eigenvalue weighted by molar-refractivity contribution is 5.96. The molecule has 256 valence electrons. The van der Waals surface area contributed by atoms with Gasteiger partial charge in [-0.05, 0) is 82.0 Å². The Morgan fingerprint density at radius 1 is 0.935 bits per heavy atom. The zero-order valence-corrected chi connectivity index (χ0v) is 26.8. The van der Waals surface area contributed by atoms with Gasteiger partial charge in [0.15, 0.2) is 0 Å². The lowest BCUT2D eigenvalue weighted by molar-refractivity contribution is -0.140. The summed E-state index contributed by atoms with van der Waals surface area (Å²) in [5.41, 5.74) is 12.5. The molecule has 10 N–H and O–H groups in total. The minimum atomic E-state index is -1.23. The third-order valence-electron chi connectivity index (χ3n) is 7.63. The van der Waals surface area contributed by atoms with Gasteiger partial charge < -0.3 is 47.8 Å². The van der Waals surface area contributed by atoms with Gasteiger partial charge in [0, 0.05) is 6.54 Å². The molecule has 1 heterocycles. The summed E-state index contributed by atoms with van der Waals surface area (Å²) in [5.74, 6) is -4.00. The fraction of sp³-hybridized carbons (Fsp3) is 0.613. The molecule has 1 aromatic rings. The number of benzene rings is 1. The lowest BCUT2D eigenvalue weighted by atomic mass is 10.0. The molecule has 0 aromatic heterocycles. The van der Waals surface area contributed by atoms with Crippen LogP contribution in [0.25, 0.3) is 0 Å². The Bertz CT molecular complexity index is 1210. The number of phenolic OH excluding ortho intramolecular Hbond substituents is 1. The van der Waals surface area contributed by atoms with E-state index in [0.29, 0.717) is 38.8 Å². The Labute approximate surface area is 269 Å². The van der Waals surface area contributed by atoms with E-state index >= 15 is 0 Å². The van der Waals surface area contributed by atoms with Crippen LogP contribution in [0.3, 0.4) is 0 Å². The molecule has 15 heteroatoms. The summed E-state index contributed by atoms with van der Waals surface area (Å²) in [6.07, 6.45) is 2.78. The monoisotopic (exact) mass is 647 g/mol. The summed E-state index contributed by atoms with van der Waals surface area (Å²) < 4.78 is 0. The molecule has 0 aliphatic carbocycles. The minimum absolute atomic E-state index is 0.00918. The van der Waals surface area contributed by atoms with Gasteiger partial charge in [0.05, 0.1) is 6.04 Å². The fourth-order valence-electron chi connectivity index (χ4n) is 5.18. The van der Waals surface area contributed by atoms with Crippen molar-refractivity contribution >= 4 is 35.5 Å². The van der Waals surface area contributed by atoms with Crippen molar-refractivity contribution in [2.45, 2.75) is 95.9 Å². The van der Waals surface area contributed by atoms with Crippen LogP contribution in [0.15, 0.2) is 24.3 Å². The number of amides is 5. The SMILES string of the molecule is CC(C)C[C@H](NC(=O)[C@@H]1CCCN1C(=O)[C@@H](N)Cc1ccc(O)cc1)C(=O)N[C@@H](C)C(=O)N[C@@H](CCCCN)C(=O)NCC(=O)O. The van der Waals surface area contributed by atoms with Crippen LogP contribution in [-0.4, -0.2) is 100 Å². The van der Waals surface area contributed by atoms with Crippen molar-refractivity contribution in [2.24, 2.45) is 17.4 Å². The van der Waals surface area contributed by atoms with Crippen molar-refractivity contribution in [2.75, 3.05) is 19.6 Å². The zero-order chi connectivity index (χ0) is 34.4. The highest BCUT2D eigenvalue weighted by Gasteiger charge is 2.38. The Hall–Kier alpha value is -4.24. The maximum atomic E-state index is 13.4. The van der Waals surface area contributed by atoms with Crippen LogP contribution in [0.4, 0.5) is 0 Å². The molecule has 1 aliphatic heterocycles. The summed E-state index contributed by atoms with van der Waals surface area (Å²) in [4.78, 5) is 77.8. The number of carbonyl (C=O) groups is 6. The number of hydrogen-bond donors (Lipinski definition) is 8. The average Bonchev–Trinajstić information content (AvgIpc) is 3.49. The van der Waals surface area contributed by atoms with E-state index in [1.807, 2.05) is 13.8 Å². The second kappa shape index (κ2) is 18.7. The largest absolute Gasteiger partial charge is 0.508 e. The third kappa shape index (κ3) is 12.3. The second-order valence-corrected chi connectivity index (χ2v) is 12.0.